The van der Waals surface area contributed by atoms with Crippen LogP contribution < -0.4 is 26.8 Å². The second kappa shape index (κ2) is 10.1. The Bertz CT molecular complexity index is 504. The zero-order chi connectivity index (χ0) is 19.4. The molecule has 0 saturated carbocycles. The fourth-order valence-electron chi connectivity index (χ4n) is 3.94. The van der Waals surface area contributed by atoms with E-state index < -0.39 is 0 Å². The molecule has 0 aromatic carbocycles. The molecule has 6 unspecified atom stereocenters. The van der Waals surface area contributed by atoms with Crippen molar-refractivity contribution in [2.24, 2.45) is 5.92 Å². The Labute approximate surface area is 171 Å². The normalized spacial score (nSPS) is 39.3. The average molecular weight is 421 g/mol. The second-order valence-electron chi connectivity index (χ2n) is 7.70. The lowest BCUT2D eigenvalue weighted by Gasteiger charge is -2.37. The topological polar surface area (TPSA) is 89.7 Å². The molecule has 3 saturated heterocycles. The van der Waals surface area contributed by atoms with Crippen molar-refractivity contribution in [3.05, 3.63) is 0 Å². The zero-order valence-electron chi connectivity index (χ0n) is 16.3. The SMILES string of the molecule is COC1NC(C(=O)NC2CC([C@H](C)SC3NNCN3C)CCN2)CCC1Cl. The molecule has 0 spiro atoms. The quantitative estimate of drug-likeness (QED) is 0.388. The van der Waals surface area contributed by atoms with Crippen LogP contribution in [0.3, 0.4) is 0 Å². The van der Waals surface area contributed by atoms with Crippen LogP contribution in [0.1, 0.15) is 32.6 Å². The van der Waals surface area contributed by atoms with E-state index in [0.717, 1.165) is 38.9 Å². The molecule has 3 rings (SSSR count). The number of hydrazine groups is 1. The average Bonchev–Trinajstić information content (AvgIpc) is 3.07. The Balaban J connectivity index is 1.47. The van der Waals surface area contributed by atoms with E-state index in [1.807, 2.05) is 11.8 Å². The number of halogens is 1. The number of carbonyl (C=O) groups excluding carboxylic acids is 1. The van der Waals surface area contributed by atoms with Crippen LogP contribution >= 0.6 is 23.4 Å². The van der Waals surface area contributed by atoms with Crippen LogP contribution in [0.2, 0.25) is 0 Å². The summed E-state index contributed by atoms with van der Waals surface area (Å²) in [5, 5.41) is 10.2. The summed E-state index contributed by atoms with van der Waals surface area (Å²) in [5.74, 6) is 0.594. The maximum atomic E-state index is 12.7. The Hall–Kier alpha value is -0.130. The van der Waals surface area contributed by atoms with Gasteiger partial charge >= 0.3 is 0 Å². The molecule has 27 heavy (non-hydrogen) atoms. The first-order chi connectivity index (χ1) is 13.0. The molecule has 0 bridgehead atoms. The number of methoxy groups -OCH3 is 1. The first kappa shape index (κ1) is 21.6. The predicted molar refractivity (Wildman–Crippen MR) is 109 cm³/mol. The molecule has 156 valence electrons. The molecule has 3 aliphatic rings. The maximum absolute atomic E-state index is 12.7. The highest BCUT2D eigenvalue weighted by Crippen LogP contribution is 2.31. The third-order valence-electron chi connectivity index (χ3n) is 5.72. The van der Waals surface area contributed by atoms with Gasteiger partial charge in [-0.05, 0) is 45.2 Å². The number of amides is 1. The standard InChI is InChI=1S/C17H33ClN6O2S/c1-10(27-17-23-20-9-24(17)2)11-6-7-19-14(8-11)22-15(25)13-5-4-12(18)16(21-13)26-3/h10-14,16-17,19-21,23H,4-9H2,1-3H3,(H,22,25)/t10-,11?,12?,13?,14?,16?,17?/m0/s1. The lowest BCUT2D eigenvalue weighted by atomic mass is 9.92. The van der Waals surface area contributed by atoms with Crippen molar-refractivity contribution in [1.82, 2.24) is 31.7 Å². The third-order valence-corrected chi connectivity index (χ3v) is 7.71. The highest BCUT2D eigenvalue weighted by molar-refractivity contribution is 8.00. The van der Waals surface area contributed by atoms with Gasteiger partial charge in [0.2, 0.25) is 5.91 Å². The summed E-state index contributed by atoms with van der Waals surface area (Å²) in [4.78, 5) is 14.9. The van der Waals surface area contributed by atoms with Crippen LogP contribution in [-0.2, 0) is 9.53 Å². The molecule has 3 fully saturated rings. The molecule has 0 aromatic heterocycles. The highest BCUT2D eigenvalue weighted by Gasteiger charge is 2.35. The van der Waals surface area contributed by atoms with Gasteiger partial charge in [0.25, 0.3) is 0 Å². The maximum Gasteiger partial charge on any atom is 0.238 e. The number of nitrogens with zero attached hydrogens (tertiary/aromatic N) is 1. The van der Waals surface area contributed by atoms with Crippen molar-refractivity contribution < 1.29 is 9.53 Å². The molecular formula is C17H33ClN6O2S. The first-order valence-corrected chi connectivity index (χ1v) is 11.2. The Morgan fingerprint density at radius 2 is 2.19 bits per heavy atom. The van der Waals surface area contributed by atoms with Crippen LogP contribution in [-0.4, -0.2) is 72.7 Å². The number of ether oxygens (including phenoxy) is 1. The summed E-state index contributed by atoms with van der Waals surface area (Å²) in [6, 6.07) is -0.249. The van der Waals surface area contributed by atoms with E-state index in [1.54, 1.807) is 7.11 Å². The fraction of sp³-hybridized carbons (Fsp3) is 0.941. The number of nitrogens with one attached hydrogen (secondary N) is 5. The van der Waals surface area contributed by atoms with Gasteiger partial charge in [-0.1, -0.05) is 6.92 Å². The minimum absolute atomic E-state index is 0.0169. The predicted octanol–water partition coefficient (Wildman–Crippen LogP) is 0.163. The van der Waals surface area contributed by atoms with Crippen LogP contribution in [0.15, 0.2) is 0 Å². The van der Waals surface area contributed by atoms with Gasteiger partial charge in [-0.3, -0.25) is 20.3 Å². The Morgan fingerprint density at radius 1 is 1.37 bits per heavy atom. The van der Waals surface area contributed by atoms with E-state index in [1.165, 1.54) is 0 Å². The van der Waals surface area contributed by atoms with Crippen molar-refractivity contribution in [3.63, 3.8) is 0 Å². The van der Waals surface area contributed by atoms with Gasteiger partial charge in [-0.2, -0.15) is 0 Å². The van der Waals surface area contributed by atoms with Gasteiger partial charge in [0.1, 0.15) is 11.7 Å². The number of carbonyl (C=O) groups is 1. The van der Waals surface area contributed by atoms with E-state index in [-0.39, 0.29) is 29.7 Å². The van der Waals surface area contributed by atoms with Gasteiger partial charge < -0.3 is 10.1 Å². The summed E-state index contributed by atoms with van der Waals surface area (Å²) < 4.78 is 5.34. The van der Waals surface area contributed by atoms with E-state index in [2.05, 4.69) is 45.7 Å². The van der Waals surface area contributed by atoms with E-state index in [9.17, 15) is 4.79 Å². The van der Waals surface area contributed by atoms with E-state index >= 15 is 0 Å². The number of piperidine rings is 2. The van der Waals surface area contributed by atoms with E-state index in [0.29, 0.717) is 16.7 Å². The number of alkyl halides is 1. The summed E-state index contributed by atoms with van der Waals surface area (Å²) >= 11 is 8.17. The van der Waals surface area contributed by atoms with Gasteiger partial charge in [0.15, 0.2) is 0 Å². The molecule has 5 N–H and O–H groups in total. The Morgan fingerprint density at radius 3 is 2.89 bits per heavy atom. The zero-order valence-corrected chi connectivity index (χ0v) is 17.9. The molecule has 3 aliphatic heterocycles. The minimum Gasteiger partial charge on any atom is -0.365 e. The monoisotopic (exact) mass is 420 g/mol. The van der Waals surface area contributed by atoms with Crippen molar-refractivity contribution in [1.29, 1.82) is 0 Å². The molecule has 0 aliphatic carbocycles. The van der Waals surface area contributed by atoms with Crippen LogP contribution in [0.25, 0.3) is 0 Å². The van der Waals surface area contributed by atoms with Crippen molar-refractivity contribution >= 4 is 29.3 Å². The van der Waals surface area contributed by atoms with Gasteiger partial charge in [-0.15, -0.1) is 23.4 Å². The Kier molecular flexibility index (Phi) is 8.04. The lowest BCUT2D eigenvalue weighted by molar-refractivity contribution is -0.126. The summed E-state index contributed by atoms with van der Waals surface area (Å²) in [5.41, 5.74) is 6.77. The van der Waals surface area contributed by atoms with Crippen molar-refractivity contribution in [2.45, 2.75) is 67.2 Å². The van der Waals surface area contributed by atoms with Gasteiger partial charge in [-0.25, -0.2) is 10.9 Å². The number of rotatable bonds is 6. The molecule has 0 radical (unpaired) electrons. The smallest absolute Gasteiger partial charge is 0.238 e. The third kappa shape index (κ3) is 5.70. The van der Waals surface area contributed by atoms with Crippen molar-refractivity contribution in [3.8, 4) is 0 Å². The van der Waals surface area contributed by atoms with Crippen LogP contribution in [0, 0.1) is 5.92 Å². The van der Waals surface area contributed by atoms with Gasteiger partial charge in [0, 0.05) is 12.4 Å². The van der Waals surface area contributed by atoms with Crippen LogP contribution in [0.4, 0.5) is 0 Å². The first-order valence-electron chi connectivity index (χ1n) is 9.78. The van der Waals surface area contributed by atoms with Crippen molar-refractivity contribution in [2.75, 3.05) is 27.4 Å². The fourth-order valence-corrected chi connectivity index (χ4v) is 5.56. The molecule has 3 heterocycles. The van der Waals surface area contributed by atoms with Gasteiger partial charge in [0.05, 0.1) is 24.3 Å². The summed E-state index contributed by atoms with van der Waals surface area (Å²) in [6.07, 6.45) is 3.32. The molecule has 7 atom stereocenters. The lowest BCUT2D eigenvalue weighted by Crippen LogP contribution is -2.59. The number of thioether (sulfide) groups is 1. The number of hydrogen-bond acceptors (Lipinski definition) is 8. The number of hydrogen-bond donors (Lipinski definition) is 5. The molecular weight excluding hydrogens is 388 g/mol. The molecule has 0 aromatic rings. The second-order valence-corrected chi connectivity index (χ2v) is 9.72. The molecule has 1 amide bonds. The summed E-state index contributed by atoms with van der Waals surface area (Å²) in [7, 11) is 3.73. The largest absolute Gasteiger partial charge is 0.365 e. The van der Waals surface area contributed by atoms with Crippen LogP contribution in [0.5, 0.6) is 0 Å². The molecule has 8 nitrogen and oxygen atoms in total. The molecule has 10 heteroatoms. The minimum atomic E-state index is -0.274. The van der Waals surface area contributed by atoms with E-state index in [4.69, 9.17) is 16.3 Å². The summed E-state index contributed by atoms with van der Waals surface area (Å²) in [6.45, 7) is 4.07. The highest BCUT2D eigenvalue weighted by atomic mass is 35.5.